The van der Waals surface area contributed by atoms with E-state index in [4.69, 9.17) is 9.26 Å². The monoisotopic (exact) mass is 343 g/mol. The molecule has 1 amide bonds. The largest absolute Gasteiger partial charge is 0.488 e. The number of aromatic nitrogens is 1. The number of hydrogen-bond donors (Lipinski definition) is 1. The number of para-hydroxylation sites is 1. The minimum absolute atomic E-state index is 0.207. The van der Waals surface area contributed by atoms with Crippen molar-refractivity contribution in [3.63, 3.8) is 0 Å². The smallest absolute Gasteiger partial charge is 0.273 e. The Kier molecular flexibility index (Phi) is 5.71. The summed E-state index contributed by atoms with van der Waals surface area (Å²) in [4.78, 5) is 14.8. The Labute approximate surface area is 148 Å². The van der Waals surface area contributed by atoms with Crippen molar-refractivity contribution in [1.29, 1.82) is 0 Å². The highest BCUT2D eigenvalue weighted by molar-refractivity contribution is 5.95. The summed E-state index contributed by atoms with van der Waals surface area (Å²) in [5, 5.41) is 6.93. The maximum absolute atomic E-state index is 12.5. The molecule has 6 nitrogen and oxygen atoms in total. The SMILES string of the molecule is CCCN(CCC)CCNC(=O)c1noc2c1COc1ccccc1-2. The fourth-order valence-electron chi connectivity index (χ4n) is 3.14. The molecule has 1 aliphatic rings. The average molecular weight is 343 g/mol. The summed E-state index contributed by atoms with van der Waals surface area (Å²) in [5.41, 5.74) is 1.88. The minimum atomic E-state index is -0.207. The van der Waals surface area contributed by atoms with E-state index in [0.717, 1.165) is 49.4 Å². The van der Waals surface area contributed by atoms with E-state index in [-0.39, 0.29) is 5.91 Å². The first kappa shape index (κ1) is 17.5. The Morgan fingerprint density at radius 1 is 1.20 bits per heavy atom. The van der Waals surface area contributed by atoms with E-state index in [2.05, 4.69) is 29.2 Å². The van der Waals surface area contributed by atoms with Gasteiger partial charge in [-0.15, -0.1) is 0 Å². The van der Waals surface area contributed by atoms with Gasteiger partial charge >= 0.3 is 0 Å². The zero-order chi connectivity index (χ0) is 17.6. The molecular weight excluding hydrogens is 318 g/mol. The van der Waals surface area contributed by atoms with Gasteiger partial charge in [0.1, 0.15) is 12.4 Å². The number of rotatable bonds is 8. The first-order valence-corrected chi connectivity index (χ1v) is 8.95. The van der Waals surface area contributed by atoms with Crippen LogP contribution in [0.25, 0.3) is 11.3 Å². The highest BCUT2D eigenvalue weighted by atomic mass is 16.5. The first-order chi connectivity index (χ1) is 12.2. The molecule has 0 saturated heterocycles. The molecule has 0 atom stereocenters. The first-order valence-electron chi connectivity index (χ1n) is 8.95. The van der Waals surface area contributed by atoms with E-state index >= 15 is 0 Å². The molecule has 2 heterocycles. The number of ether oxygens (including phenoxy) is 1. The number of benzene rings is 1. The zero-order valence-corrected chi connectivity index (χ0v) is 14.9. The van der Waals surface area contributed by atoms with Crippen LogP contribution in [0.3, 0.4) is 0 Å². The molecule has 134 valence electrons. The molecule has 2 aromatic rings. The van der Waals surface area contributed by atoms with Crippen molar-refractivity contribution < 1.29 is 14.1 Å². The predicted octanol–water partition coefficient (Wildman–Crippen LogP) is 3.09. The molecule has 1 aromatic carbocycles. The maximum atomic E-state index is 12.5. The third-order valence-electron chi connectivity index (χ3n) is 4.30. The van der Waals surface area contributed by atoms with Crippen LogP contribution in [0, 0.1) is 0 Å². The molecule has 0 saturated carbocycles. The van der Waals surface area contributed by atoms with Crippen LogP contribution in [0.5, 0.6) is 5.75 Å². The van der Waals surface area contributed by atoms with Gasteiger partial charge in [-0.2, -0.15) is 0 Å². The summed E-state index contributed by atoms with van der Waals surface area (Å²) in [6.07, 6.45) is 2.23. The number of amides is 1. The lowest BCUT2D eigenvalue weighted by Gasteiger charge is -2.20. The lowest BCUT2D eigenvalue weighted by Crippen LogP contribution is -2.36. The van der Waals surface area contributed by atoms with Crippen LogP contribution in [0.15, 0.2) is 28.8 Å². The van der Waals surface area contributed by atoms with Gasteiger partial charge in [0.05, 0.1) is 11.1 Å². The highest BCUT2D eigenvalue weighted by Gasteiger charge is 2.28. The number of hydrogen-bond acceptors (Lipinski definition) is 5. The van der Waals surface area contributed by atoms with Gasteiger partial charge in [0.25, 0.3) is 5.91 Å². The molecule has 25 heavy (non-hydrogen) atoms. The van der Waals surface area contributed by atoms with E-state index < -0.39 is 0 Å². The van der Waals surface area contributed by atoms with Crippen molar-refractivity contribution in [3.05, 3.63) is 35.5 Å². The van der Waals surface area contributed by atoms with Crippen molar-refractivity contribution in [2.45, 2.75) is 33.3 Å². The molecule has 0 bridgehead atoms. The lowest BCUT2D eigenvalue weighted by atomic mass is 10.0. The third kappa shape index (κ3) is 3.85. The van der Waals surface area contributed by atoms with E-state index in [9.17, 15) is 4.79 Å². The summed E-state index contributed by atoms with van der Waals surface area (Å²) in [6.45, 7) is 8.17. The normalized spacial score (nSPS) is 12.4. The maximum Gasteiger partial charge on any atom is 0.273 e. The van der Waals surface area contributed by atoms with Crippen molar-refractivity contribution >= 4 is 5.91 Å². The fourth-order valence-corrected chi connectivity index (χ4v) is 3.14. The van der Waals surface area contributed by atoms with Crippen LogP contribution >= 0.6 is 0 Å². The second-order valence-electron chi connectivity index (χ2n) is 6.22. The van der Waals surface area contributed by atoms with Crippen LogP contribution in [-0.4, -0.2) is 42.1 Å². The van der Waals surface area contributed by atoms with E-state index in [1.165, 1.54) is 0 Å². The van der Waals surface area contributed by atoms with E-state index in [1.807, 2.05) is 24.3 Å². The summed E-state index contributed by atoms with van der Waals surface area (Å²) in [6, 6.07) is 7.62. The fraction of sp³-hybridized carbons (Fsp3) is 0.474. The summed E-state index contributed by atoms with van der Waals surface area (Å²) in [5.74, 6) is 1.18. The predicted molar refractivity (Wildman–Crippen MR) is 95.6 cm³/mol. The minimum Gasteiger partial charge on any atom is -0.488 e. The number of carbonyl (C=O) groups is 1. The lowest BCUT2D eigenvalue weighted by molar-refractivity contribution is 0.0937. The number of fused-ring (bicyclic) bond motifs is 3. The topological polar surface area (TPSA) is 67.6 Å². The molecule has 1 N–H and O–H groups in total. The van der Waals surface area contributed by atoms with Gasteiger partial charge in [0.2, 0.25) is 0 Å². The van der Waals surface area contributed by atoms with Gasteiger partial charge < -0.3 is 19.5 Å². The van der Waals surface area contributed by atoms with Crippen LogP contribution < -0.4 is 10.1 Å². The van der Waals surface area contributed by atoms with Crippen LogP contribution in [0.2, 0.25) is 0 Å². The van der Waals surface area contributed by atoms with Crippen LogP contribution in [0.1, 0.15) is 42.7 Å². The Hall–Kier alpha value is -2.34. The molecule has 0 fully saturated rings. The second kappa shape index (κ2) is 8.16. The molecular formula is C19H25N3O3. The van der Waals surface area contributed by atoms with Gasteiger partial charge in [-0.3, -0.25) is 4.79 Å². The van der Waals surface area contributed by atoms with Crippen molar-refractivity contribution in [1.82, 2.24) is 15.4 Å². The van der Waals surface area contributed by atoms with Crippen LogP contribution in [-0.2, 0) is 6.61 Å². The third-order valence-corrected chi connectivity index (χ3v) is 4.30. The van der Waals surface area contributed by atoms with Crippen molar-refractivity contribution in [2.24, 2.45) is 0 Å². The average Bonchev–Trinajstić information content (AvgIpc) is 3.06. The summed E-state index contributed by atoms with van der Waals surface area (Å²) >= 11 is 0. The molecule has 1 aromatic heterocycles. The number of carbonyl (C=O) groups excluding carboxylic acids is 1. The van der Waals surface area contributed by atoms with Gasteiger partial charge in [0, 0.05) is 13.1 Å². The van der Waals surface area contributed by atoms with E-state index in [1.54, 1.807) is 0 Å². The van der Waals surface area contributed by atoms with E-state index in [0.29, 0.717) is 24.6 Å². The molecule has 0 aliphatic carbocycles. The van der Waals surface area contributed by atoms with Crippen molar-refractivity contribution in [3.8, 4) is 17.1 Å². The van der Waals surface area contributed by atoms with Crippen molar-refractivity contribution in [2.75, 3.05) is 26.2 Å². The molecule has 0 radical (unpaired) electrons. The Morgan fingerprint density at radius 2 is 1.96 bits per heavy atom. The molecule has 6 heteroatoms. The Morgan fingerprint density at radius 3 is 2.72 bits per heavy atom. The molecule has 0 spiro atoms. The quantitative estimate of drug-likeness (QED) is 0.798. The second-order valence-corrected chi connectivity index (χ2v) is 6.22. The van der Waals surface area contributed by atoms with Gasteiger partial charge in [0.15, 0.2) is 11.5 Å². The number of nitrogens with one attached hydrogen (secondary N) is 1. The number of nitrogens with zero attached hydrogens (tertiary/aromatic N) is 2. The van der Waals surface area contributed by atoms with Gasteiger partial charge in [-0.25, -0.2) is 0 Å². The standard InChI is InChI=1S/C19H25N3O3/c1-3-10-22(11-4-2)12-9-20-19(23)17-15-13-24-16-8-6-5-7-14(16)18(15)25-21-17/h5-8H,3-4,9-13H2,1-2H3,(H,20,23). The molecule has 3 rings (SSSR count). The zero-order valence-electron chi connectivity index (χ0n) is 14.9. The molecule has 0 unspecified atom stereocenters. The van der Waals surface area contributed by atoms with Gasteiger partial charge in [-0.1, -0.05) is 31.1 Å². The van der Waals surface area contributed by atoms with Crippen LogP contribution in [0.4, 0.5) is 0 Å². The Balaban J connectivity index is 1.64. The highest BCUT2D eigenvalue weighted by Crippen LogP contribution is 2.38. The Bertz CT molecular complexity index is 720. The summed E-state index contributed by atoms with van der Waals surface area (Å²) in [7, 11) is 0. The van der Waals surface area contributed by atoms with Gasteiger partial charge in [-0.05, 0) is 38.1 Å². The molecule has 1 aliphatic heterocycles. The summed E-state index contributed by atoms with van der Waals surface area (Å²) < 4.78 is 11.2.